The molecular weight excluding hydrogens is 318 g/mol. The van der Waals surface area contributed by atoms with Crippen LogP contribution in [0.25, 0.3) is 5.70 Å². The summed E-state index contributed by atoms with van der Waals surface area (Å²) >= 11 is 0. The van der Waals surface area contributed by atoms with E-state index in [-0.39, 0.29) is 5.75 Å². The number of hydrogen-bond acceptors (Lipinski definition) is 5. The highest BCUT2D eigenvalue weighted by molar-refractivity contribution is 6.08. The summed E-state index contributed by atoms with van der Waals surface area (Å²) in [5, 5.41) is 13.0. The molecule has 0 aromatic heterocycles. The molecule has 25 heavy (non-hydrogen) atoms. The molecule has 2 N–H and O–H groups in total. The third-order valence-corrected chi connectivity index (χ3v) is 3.52. The summed E-state index contributed by atoms with van der Waals surface area (Å²) in [4.78, 5) is 8.29. The molecule has 0 radical (unpaired) electrons. The summed E-state index contributed by atoms with van der Waals surface area (Å²) < 4.78 is 10.4. The van der Waals surface area contributed by atoms with Crippen LogP contribution in [0.3, 0.4) is 0 Å². The topological polar surface area (TPSA) is 75.4 Å². The van der Waals surface area contributed by atoms with Gasteiger partial charge in [-0.1, -0.05) is 12.1 Å². The Kier molecular flexibility index (Phi) is 6.17. The first-order chi connectivity index (χ1) is 12.1. The van der Waals surface area contributed by atoms with Gasteiger partial charge < -0.3 is 19.9 Å². The van der Waals surface area contributed by atoms with Gasteiger partial charge in [-0.05, 0) is 31.0 Å². The molecule has 0 heterocycles. The minimum absolute atomic E-state index is 0.0405. The molecule has 2 rings (SSSR count). The zero-order valence-electron chi connectivity index (χ0n) is 14.5. The van der Waals surface area contributed by atoms with Gasteiger partial charge in [-0.15, -0.1) is 0 Å². The van der Waals surface area contributed by atoms with E-state index in [1.807, 2.05) is 24.3 Å². The van der Waals surface area contributed by atoms with E-state index in [0.717, 1.165) is 5.56 Å². The van der Waals surface area contributed by atoms with Crippen LogP contribution >= 0.6 is 0 Å². The number of benzene rings is 2. The van der Waals surface area contributed by atoms with Crippen molar-refractivity contribution in [2.75, 3.05) is 26.6 Å². The molecule has 0 aliphatic heterocycles. The van der Waals surface area contributed by atoms with Crippen LogP contribution in [-0.4, -0.2) is 38.9 Å². The molecule has 0 aliphatic rings. The Morgan fingerprint density at radius 2 is 1.84 bits per heavy atom. The molecule has 0 atom stereocenters. The summed E-state index contributed by atoms with van der Waals surface area (Å²) in [5.41, 5.74) is 2.09. The molecule has 0 saturated carbocycles. The Hall–Kier alpha value is -3.28. The standard InChI is InChI=1S/C19H21N3O3/c1-20-15(14-7-5-6-8-17(14)24-3)12-19(21-2)22-13-9-10-18(25-4)16(23)11-13/h5-12,23H,1H2,2-4H3,(H,21,22)/b15-12-. The predicted molar refractivity (Wildman–Crippen MR) is 102 cm³/mol. The van der Waals surface area contributed by atoms with E-state index in [9.17, 15) is 5.11 Å². The SMILES string of the molecule is C=N/C(=C\C(=NC)Nc1ccc(OC)c(O)c1)c1ccccc1OC. The summed E-state index contributed by atoms with van der Waals surface area (Å²) in [6, 6.07) is 12.5. The van der Waals surface area contributed by atoms with Gasteiger partial charge in [0.2, 0.25) is 0 Å². The van der Waals surface area contributed by atoms with E-state index < -0.39 is 0 Å². The van der Waals surface area contributed by atoms with Crippen molar-refractivity contribution in [2.24, 2.45) is 9.98 Å². The highest BCUT2D eigenvalue weighted by Crippen LogP contribution is 2.29. The largest absolute Gasteiger partial charge is 0.504 e. The maximum atomic E-state index is 9.89. The van der Waals surface area contributed by atoms with Crippen LogP contribution in [0.4, 0.5) is 5.69 Å². The van der Waals surface area contributed by atoms with Crippen LogP contribution in [-0.2, 0) is 0 Å². The van der Waals surface area contributed by atoms with Crippen LogP contribution in [0.1, 0.15) is 5.56 Å². The fourth-order valence-electron chi connectivity index (χ4n) is 2.27. The second-order valence-electron chi connectivity index (χ2n) is 5.01. The lowest BCUT2D eigenvalue weighted by molar-refractivity contribution is 0.373. The summed E-state index contributed by atoms with van der Waals surface area (Å²) in [6.45, 7) is 3.63. The molecule has 0 unspecified atom stereocenters. The van der Waals surface area contributed by atoms with Crippen LogP contribution < -0.4 is 14.8 Å². The number of para-hydroxylation sites is 1. The molecule has 2 aromatic carbocycles. The number of aliphatic imine (C=N–C) groups is 2. The van der Waals surface area contributed by atoms with Crippen molar-refractivity contribution in [2.45, 2.75) is 0 Å². The zero-order chi connectivity index (χ0) is 18.2. The molecule has 0 amide bonds. The van der Waals surface area contributed by atoms with E-state index >= 15 is 0 Å². The van der Waals surface area contributed by atoms with Crippen molar-refractivity contribution in [1.29, 1.82) is 0 Å². The van der Waals surface area contributed by atoms with Crippen molar-refractivity contribution in [3.05, 3.63) is 54.1 Å². The van der Waals surface area contributed by atoms with Gasteiger partial charge in [0.05, 0.1) is 19.9 Å². The predicted octanol–water partition coefficient (Wildman–Crippen LogP) is 3.59. The minimum atomic E-state index is 0.0405. The number of anilines is 1. The number of ether oxygens (including phenoxy) is 2. The number of aromatic hydroxyl groups is 1. The molecule has 130 valence electrons. The molecule has 6 heteroatoms. The zero-order valence-corrected chi connectivity index (χ0v) is 14.5. The number of rotatable bonds is 6. The van der Waals surface area contributed by atoms with Gasteiger partial charge in [0.25, 0.3) is 0 Å². The fraction of sp³-hybridized carbons (Fsp3) is 0.158. The third-order valence-electron chi connectivity index (χ3n) is 3.52. The van der Waals surface area contributed by atoms with Gasteiger partial charge in [-0.3, -0.25) is 9.98 Å². The van der Waals surface area contributed by atoms with E-state index in [1.165, 1.54) is 7.11 Å². The monoisotopic (exact) mass is 339 g/mol. The van der Waals surface area contributed by atoms with E-state index in [2.05, 4.69) is 22.0 Å². The van der Waals surface area contributed by atoms with Gasteiger partial charge in [0, 0.05) is 30.4 Å². The van der Waals surface area contributed by atoms with Crippen LogP contribution in [0.15, 0.2) is 58.5 Å². The van der Waals surface area contributed by atoms with Crippen molar-refractivity contribution >= 4 is 23.9 Å². The van der Waals surface area contributed by atoms with Gasteiger partial charge in [-0.25, -0.2) is 0 Å². The van der Waals surface area contributed by atoms with Crippen LogP contribution in [0, 0.1) is 0 Å². The van der Waals surface area contributed by atoms with Crippen LogP contribution in [0.5, 0.6) is 17.2 Å². The maximum absolute atomic E-state index is 9.89. The van der Waals surface area contributed by atoms with E-state index in [1.54, 1.807) is 38.4 Å². The number of phenolic OH excluding ortho intramolecular Hbond substituents is 1. The smallest absolute Gasteiger partial charge is 0.160 e. The highest BCUT2D eigenvalue weighted by atomic mass is 16.5. The lowest BCUT2D eigenvalue weighted by Crippen LogP contribution is -2.09. The molecule has 0 fully saturated rings. The molecule has 2 aromatic rings. The normalized spacial score (nSPS) is 11.8. The summed E-state index contributed by atoms with van der Waals surface area (Å²) in [6.07, 6.45) is 1.76. The Morgan fingerprint density at radius 3 is 2.44 bits per heavy atom. The minimum Gasteiger partial charge on any atom is -0.504 e. The molecule has 6 nitrogen and oxygen atoms in total. The van der Waals surface area contributed by atoms with Crippen molar-refractivity contribution in [3.63, 3.8) is 0 Å². The average Bonchev–Trinajstić information content (AvgIpc) is 2.65. The maximum Gasteiger partial charge on any atom is 0.160 e. The highest BCUT2D eigenvalue weighted by Gasteiger charge is 2.09. The Labute approximate surface area is 147 Å². The van der Waals surface area contributed by atoms with Gasteiger partial charge in [-0.2, -0.15) is 0 Å². The number of nitrogens with zero attached hydrogens (tertiary/aromatic N) is 2. The third kappa shape index (κ3) is 4.38. The molecule has 0 spiro atoms. The average molecular weight is 339 g/mol. The molecule has 0 aliphatic carbocycles. The van der Waals surface area contributed by atoms with Gasteiger partial charge in [0.1, 0.15) is 11.6 Å². The van der Waals surface area contributed by atoms with E-state index in [4.69, 9.17) is 9.47 Å². The first-order valence-electron chi connectivity index (χ1n) is 7.55. The Morgan fingerprint density at radius 1 is 1.12 bits per heavy atom. The quantitative estimate of drug-likeness (QED) is 0.623. The van der Waals surface area contributed by atoms with Crippen molar-refractivity contribution in [1.82, 2.24) is 0 Å². The number of nitrogens with one attached hydrogen (secondary N) is 1. The molecular formula is C19H21N3O3. The second kappa shape index (κ2) is 8.54. The van der Waals surface area contributed by atoms with Gasteiger partial charge >= 0.3 is 0 Å². The number of hydrogen-bond donors (Lipinski definition) is 2. The lowest BCUT2D eigenvalue weighted by Gasteiger charge is -2.11. The first kappa shape index (κ1) is 18.1. The fourth-order valence-corrected chi connectivity index (χ4v) is 2.27. The number of methoxy groups -OCH3 is 2. The summed E-state index contributed by atoms with van der Waals surface area (Å²) in [5.74, 6) is 1.69. The van der Waals surface area contributed by atoms with Gasteiger partial charge in [0.15, 0.2) is 11.5 Å². The first-order valence-corrected chi connectivity index (χ1v) is 7.55. The van der Waals surface area contributed by atoms with Crippen molar-refractivity contribution < 1.29 is 14.6 Å². The Balaban J connectivity index is 2.32. The second-order valence-corrected chi connectivity index (χ2v) is 5.01. The Bertz CT molecular complexity index is 813. The molecule has 0 saturated heterocycles. The number of amidine groups is 1. The lowest BCUT2D eigenvalue weighted by atomic mass is 10.1. The van der Waals surface area contributed by atoms with E-state index in [0.29, 0.717) is 28.7 Å². The molecule has 0 bridgehead atoms. The summed E-state index contributed by atoms with van der Waals surface area (Å²) in [7, 11) is 4.76. The van der Waals surface area contributed by atoms with Crippen LogP contribution in [0.2, 0.25) is 0 Å². The van der Waals surface area contributed by atoms with Crippen molar-refractivity contribution in [3.8, 4) is 17.2 Å². The number of phenols is 1.